The summed E-state index contributed by atoms with van der Waals surface area (Å²) in [6, 6.07) is 11.0. The van der Waals surface area contributed by atoms with E-state index in [0.29, 0.717) is 43.5 Å². The SMILES string of the molecule is CCO[C@]1(C=O)/C=C/C[C@H](C)[C@@H](C)S(=O)(=O)NC(=O)c2ccc3c(c2)N(CCCCc2cc(Cl)ccc2CO3)CC2(C)CC[C@H]21. The van der Waals surface area contributed by atoms with Crippen molar-refractivity contribution < 1.29 is 27.5 Å². The predicted molar refractivity (Wildman–Crippen MR) is 177 cm³/mol. The maximum absolute atomic E-state index is 13.4. The van der Waals surface area contributed by atoms with Crippen LogP contribution in [0.4, 0.5) is 5.69 Å². The number of hydrogen-bond acceptors (Lipinski definition) is 7. The molecule has 1 amide bonds. The third-order valence-corrected chi connectivity index (χ3v) is 12.3. The van der Waals surface area contributed by atoms with Gasteiger partial charge in [-0.15, -0.1) is 0 Å². The molecule has 244 valence electrons. The Morgan fingerprint density at radius 2 is 1.96 bits per heavy atom. The minimum Gasteiger partial charge on any atom is -0.487 e. The summed E-state index contributed by atoms with van der Waals surface area (Å²) in [4.78, 5) is 28.6. The highest BCUT2D eigenvalue weighted by Crippen LogP contribution is 2.54. The molecule has 1 N–H and O–H groups in total. The largest absolute Gasteiger partial charge is 0.487 e. The summed E-state index contributed by atoms with van der Waals surface area (Å²) in [7, 11) is -3.99. The molecular formula is C35H45ClN2O6S. The Hall–Kier alpha value is -2.88. The Morgan fingerprint density at radius 3 is 2.67 bits per heavy atom. The lowest BCUT2D eigenvalue weighted by Crippen LogP contribution is -2.58. The first-order valence-electron chi connectivity index (χ1n) is 16.0. The summed E-state index contributed by atoms with van der Waals surface area (Å²) in [5.41, 5.74) is 1.78. The van der Waals surface area contributed by atoms with Gasteiger partial charge < -0.3 is 14.4 Å². The van der Waals surface area contributed by atoms with Gasteiger partial charge in [0.05, 0.1) is 10.9 Å². The molecule has 5 atom stereocenters. The fraction of sp³-hybridized carbons (Fsp3) is 0.543. The Kier molecular flexibility index (Phi) is 10.0. The van der Waals surface area contributed by atoms with E-state index >= 15 is 0 Å². The second-order valence-electron chi connectivity index (χ2n) is 13.2. The second kappa shape index (κ2) is 13.5. The topological polar surface area (TPSA) is 102 Å². The third-order valence-electron chi connectivity index (χ3n) is 10.2. The van der Waals surface area contributed by atoms with Crippen LogP contribution in [-0.2, 0) is 32.6 Å². The highest BCUT2D eigenvalue weighted by molar-refractivity contribution is 7.90. The molecule has 1 saturated carbocycles. The lowest BCUT2D eigenvalue weighted by Gasteiger charge is -2.55. The van der Waals surface area contributed by atoms with Gasteiger partial charge in [-0.05, 0) is 111 Å². The molecule has 2 heterocycles. The molecule has 5 rings (SSSR count). The monoisotopic (exact) mass is 656 g/mol. The highest BCUT2D eigenvalue weighted by atomic mass is 35.5. The lowest BCUT2D eigenvalue weighted by molar-refractivity contribution is -0.151. The van der Waals surface area contributed by atoms with Crippen LogP contribution in [-0.4, -0.2) is 51.2 Å². The van der Waals surface area contributed by atoms with Crippen molar-refractivity contribution in [3.8, 4) is 5.75 Å². The van der Waals surface area contributed by atoms with Gasteiger partial charge in [-0.25, -0.2) is 13.1 Å². The molecule has 0 saturated heterocycles. The molecular weight excluding hydrogens is 612 g/mol. The Morgan fingerprint density at radius 1 is 1.16 bits per heavy atom. The van der Waals surface area contributed by atoms with Gasteiger partial charge in [0.25, 0.3) is 5.91 Å². The van der Waals surface area contributed by atoms with E-state index in [0.717, 1.165) is 55.2 Å². The van der Waals surface area contributed by atoms with E-state index in [2.05, 4.69) is 16.5 Å². The number of amides is 1. The van der Waals surface area contributed by atoms with E-state index in [1.807, 2.05) is 44.2 Å². The van der Waals surface area contributed by atoms with E-state index in [-0.39, 0.29) is 22.8 Å². The van der Waals surface area contributed by atoms with Crippen molar-refractivity contribution in [2.75, 3.05) is 24.6 Å². The van der Waals surface area contributed by atoms with Gasteiger partial charge in [0.2, 0.25) is 10.0 Å². The molecule has 10 heteroatoms. The van der Waals surface area contributed by atoms with Gasteiger partial charge in [0, 0.05) is 36.2 Å². The zero-order chi connectivity index (χ0) is 32.4. The number of nitrogens with one attached hydrogen (secondary N) is 1. The molecule has 1 fully saturated rings. The van der Waals surface area contributed by atoms with Gasteiger partial charge in [-0.1, -0.05) is 37.6 Å². The summed E-state index contributed by atoms with van der Waals surface area (Å²) in [6.45, 7) is 9.54. The summed E-state index contributed by atoms with van der Waals surface area (Å²) in [6.07, 6.45) is 9.45. The lowest BCUT2D eigenvalue weighted by atomic mass is 9.55. The zero-order valence-corrected chi connectivity index (χ0v) is 28.3. The van der Waals surface area contributed by atoms with Crippen LogP contribution < -0.4 is 14.4 Å². The van der Waals surface area contributed by atoms with E-state index in [9.17, 15) is 18.0 Å². The number of aryl methyl sites for hydroxylation is 1. The van der Waals surface area contributed by atoms with Crippen LogP contribution >= 0.6 is 11.6 Å². The maximum Gasteiger partial charge on any atom is 0.264 e. The number of ether oxygens (including phenoxy) is 2. The number of allylic oxidation sites excluding steroid dienone is 1. The third kappa shape index (κ3) is 6.96. The molecule has 2 aromatic rings. The first kappa shape index (κ1) is 33.5. The van der Waals surface area contributed by atoms with Crippen molar-refractivity contribution in [2.45, 2.75) is 83.7 Å². The van der Waals surface area contributed by atoms with Crippen LogP contribution in [0.5, 0.6) is 5.75 Å². The molecule has 2 aromatic carbocycles. The zero-order valence-electron chi connectivity index (χ0n) is 26.7. The van der Waals surface area contributed by atoms with E-state index in [1.54, 1.807) is 25.1 Å². The predicted octanol–water partition coefficient (Wildman–Crippen LogP) is 6.50. The number of rotatable bonds is 3. The minimum absolute atomic E-state index is 0.0801. The quantitative estimate of drug-likeness (QED) is 0.297. The van der Waals surface area contributed by atoms with Crippen LogP contribution in [0.3, 0.4) is 0 Å². The number of anilines is 1. The highest BCUT2D eigenvalue weighted by Gasteiger charge is 2.55. The van der Waals surface area contributed by atoms with E-state index < -0.39 is 26.8 Å². The number of carbonyl (C=O) groups is 2. The maximum atomic E-state index is 13.4. The number of carbonyl (C=O) groups excluding carboxylic acids is 2. The number of aldehydes is 1. The van der Waals surface area contributed by atoms with E-state index in [4.69, 9.17) is 21.1 Å². The van der Waals surface area contributed by atoms with Crippen molar-refractivity contribution in [2.24, 2.45) is 17.3 Å². The molecule has 2 bridgehead atoms. The van der Waals surface area contributed by atoms with Crippen LogP contribution in [0, 0.1) is 17.3 Å². The van der Waals surface area contributed by atoms with Gasteiger partial charge in [0.15, 0.2) is 6.29 Å². The summed E-state index contributed by atoms with van der Waals surface area (Å²) in [5.74, 6) is -0.459. The van der Waals surface area contributed by atoms with Crippen LogP contribution in [0.2, 0.25) is 5.02 Å². The first-order chi connectivity index (χ1) is 21.4. The molecule has 2 aliphatic heterocycles. The van der Waals surface area contributed by atoms with Gasteiger partial charge in [-0.2, -0.15) is 0 Å². The number of nitrogens with zero attached hydrogens (tertiary/aromatic N) is 1. The number of fused-ring (bicyclic) bond motifs is 3. The van der Waals surface area contributed by atoms with Crippen molar-refractivity contribution in [3.05, 3.63) is 70.3 Å². The number of sulfonamides is 1. The molecule has 3 aliphatic rings. The standard InChI is InChI=1S/C35H45ClN2O6S/c1-5-44-35(23-39)16-8-9-24(2)25(3)45(41,42)37-33(40)27-12-14-31-30(20-27)38(22-34(4)17-15-32(34)35)18-7-6-10-26-19-29(36)13-11-28(26)21-43-31/h8,11-14,16,19-20,23-25,32H,5-7,9-10,15,17-18,21-22H2,1-4H3,(H,37,40)/b16-8+/t24-,25+,32+,34?,35-/m0/s1. The second-order valence-corrected chi connectivity index (χ2v) is 15.7. The first-order valence-corrected chi connectivity index (χ1v) is 18.0. The van der Waals surface area contributed by atoms with Crippen molar-refractivity contribution in [1.82, 2.24) is 4.72 Å². The van der Waals surface area contributed by atoms with Crippen LogP contribution in [0.1, 0.15) is 81.3 Å². The Labute approximate surface area is 272 Å². The number of hydrogen-bond donors (Lipinski definition) is 1. The fourth-order valence-electron chi connectivity index (χ4n) is 7.15. The smallest absolute Gasteiger partial charge is 0.264 e. The molecule has 0 radical (unpaired) electrons. The Bertz CT molecular complexity index is 1560. The van der Waals surface area contributed by atoms with Gasteiger partial charge in [0.1, 0.15) is 18.0 Å². The molecule has 0 aromatic heterocycles. The van der Waals surface area contributed by atoms with Crippen LogP contribution in [0.25, 0.3) is 0 Å². The van der Waals surface area contributed by atoms with Crippen molar-refractivity contribution in [1.29, 1.82) is 0 Å². The number of benzene rings is 2. The normalized spacial score (nSPS) is 31.1. The summed E-state index contributed by atoms with van der Waals surface area (Å²) < 4.78 is 41.7. The minimum atomic E-state index is -3.99. The van der Waals surface area contributed by atoms with Crippen molar-refractivity contribution >= 4 is 39.5 Å². The number of halogens is 1. The average Bonchev–Trinajstić information content (AvgIpc) is 3.02. The van der Waals surface area contributed by atoms with Gasteiger partial charge >= 0.3 is 0 Å². The fourth-order valence-corrected chi connectivity index (χ4v) is 8.63. The Balaban J connectivity index is 1.62. The summed E-state index contributed by atoms with van der Waals surface area (Å²) >= 11 is 6.34. The molecule has 8 nitrogen and oxygen atoms in total. The molecule has 1 aliphatic carbocycles. The average molecular weight is 657 g/mol. The van der Waals surface area contributed by atoms with Crippen molar-refractivity contribution in [3.63, 3.8) is 0 Å². The van der Waals surface area contributed by atoms with E-state index in [1.165, 1.54) is 0 Å². The van der Waals surface area contributed by atoms with Crippen LogP contribution in [0.15, 0.2) is 48.6 Å². The summed E-state index contributed by atoms with van der Waals surface area (Å²) in [5, 5.41) is -0.158. The molecule has 45 heavy (non-hydrogen) atoms. The molecule has 1 unspecified atom stereocenters. The van der Waals surface area contributed by atoms with Gasteiger partial charge in [-0.3, -0.25) is 9.59 Å². The molecule has 0 spiro atoms.